The van der Waals surface area contributed by atoms with E-state index in [0.717, 1.165) is 19.3 Å². The highest BCUT2D eigenvalue weighted by atomic mass is 32.2. The van der Waals surface area contributed by atoms with Gasteiger partial charge < -0.3 is 10.1 Å². The van der Waals surface area contributed by atoms with E-state index < -0.39 is 16.3 Å². The minimum atomic E-state index is -3.86. The second-order valence-electron chi connectivity index (χ2n) is 5.31. The number of piperidine rings is 1. The van der Waals surface area contributed by atoms with E-state index >= 15 is 0 Å². The molecule has 7 nitrogen and oxygen atoms in total. The van der Waals surface area contributed by atoms with Gasteiger partial charge in [0.1, 0.15) is 0 Å². The van der Waals surface area contributed by atoms with Crippen LogP contribution < -0.4 is 10.0 Å². The third-order valence-corrected chi connectivity index (χ3v) is 4.89. The smallest absolute Gasteiger partial charge is 0.422 e. The molecule has 1 saturated heterocycles. The van der Waals surface area contributed by atoms with E-state index in [1.54, 1.807) is 20.9 Å². The van der Waals surface area contributed by atoms with Crippen LogP contribution in [0.3, 0.4) is 0 Å². The Balaban J connectivity index is 2.80. The molecule has 2 unspecified atom stereocenters. The Kier molecular flexibility index (Phi) is 6.22. The molecule has 1 aliphatic rings. The predicted octanol–water partition coefficient (Wildman–Crippen LogP) is 0.828. The van der Waals surface area contributed by atoms with Crippen molar-refractivity contribution in [2.45, 2.75) is 58.2 Å². The molecule has 2 atom stereocenters. The summed E-state index contributed by atoms with van der Waals surface area (Å²) in [6.45, 7) is 5.68. The maximum Gasteiger partial charge on any atom is 0.422 e. The molecule has 0 aromatic heterocycles. The van der Waals surface area contributed by atoms with E-state index in [1.165, 1.54) is 4.31 Å². The summed E-state index contributed by atoms with van der Waals surface area (Å²) in [4.78, 5) is 11.5. The Bertz CT molecular complexity index is 424. The van der Waals surface area contributed by atoms with Crippen LogP contribution in [0.1, 0.15) is 40.0 Å². The summed E-state index contributed by atoms with van der Waals surface area (Å²) in [7, 11) is -2.07. The largest absolute Gasteiger partial charge is 0.446 e. The first kappa shape index (κ1) is 17.2. The molecule has 1 fully saturated rings. The van der Waals surface area contributed by atoms with Crippen molar-refractivity contribution in [3.8, 4) is 0 Å². The number of likely N-dealkylation sites (N-methyl/N-ethyl adjacent to an activating group) is 1. The van der Waals surface area contributed by atoms with Gasteiger partial charge in [0.2, 0.25) is 0 Å². The second-order valence-corrected chi connectivity index (χ2v) is 6.94. The van der Waals surface area contributed by atoms with Crippen molar-refractivity contribution in [2.24, 2.45) is 0 Å². The van der Waals surface area contributed by atoms with Gasteiger partial charge in [-0.3, -0.25) is 0 Å². The molecule has 0 bridgehead atoms. The summed E-state index contributed by atoms with van der Waals surface area (Å²) in [5.74, 6) is 0. The van der Waals surface area contributed by atoms with Crippen molar-refractivity contribution in [3.63, 3.8) is 0 Å². The van der Waals surface area contributed by atoms with Crippen molar-refractivity contribution in [3.05, 3.63) is 0 Å². The fraction of sp³-hybridized carbons (Fsp3) is 0.917. The normalized spacial score (nSPS) is 22.6. The lowest BCUT2D eigenvalue weighted by molar-refractivity contribution is 0.120. The summed E-state index contributed by atoms with van der Waals surface area (Å²) in [6.07, 6.45) is 1.27. The van der Waals surface area contributed by atoms with Crippen molar-refractivity contribution in [1.29, 1.82) is 0 Å². The molecule has 8 heteroatoms. The zero-order chi connectivity index (χ0) is 15.3. The number of carbonyl (C=O) groups is 1. The number of nitrogens with one attached hydrogen (secondary N) is 2. The molecule has 1 rings (SSSR count). The van der Waals surface area contributed by atoms with E-state index in [1.807, 2.05) is 11.6 Å². The fourth-order valence-corrected chi connectivity index (χ4v) is 3.71. The quantitative estimate of drug-likeness (QED) is 0.785. The topological polar surface area (TPSA) is 87.7 Å². The SMILES string of the molecule is CNC(C)C1CCCCN1S(=O)(=O)NC(=O)OC(C)C. The highest BCUT2D eigenvalue weighted by molar-refractivity contribution is 7.87. The van der Waals surface area contributed by atoms with Crippen molar-refractivity contribution < 1.29 is 17.9 Å². The molecule has 1 aliphatic heterocycles. The minimum absolute atomic E-state index is 0.0213. The number of carbonyl (C=O) groups excluding carboxylic acids is 1. The predicted molar refractivity (Wildman–Crippen MR) is 76.5 cm³/mol. The summed E-state index contributed by atoms with van der Waals surface area (Å²) in [5, 5.41) is 3.07. The maximum atomic E-state index is 12.3. The molecule has 1 amide bonds. The van der Waals surface area contributed by atoms with Crippen LogP contribution in [0.5, 0.6) is 0 Å². The van der Waals surface area contributed by atoms with Crippen molar-refractivity contribution >= 4 is 16.3 Å². The van der Waals surface area contributed by atoms with Gasteiger partial charge in [-0.05, 0) is 40.7 Å². The Morgan fingerprint density at radius 1 is 1.30 bits per heavy atom. The van der Waals surface area contributed by atoms with Crippen LogP contribution in [0.4, 0.5) is 4.79 Å². The molecule has 0 saturated carbocycles. The fourth-order valence-electron chi connectivity index (χ4n) is 2.32. The van der Waals surface area contributed by atoms with Gasteiger partial charge in [0.05, 0.1) is 6.10 Å². The number of nitrogens with zero attached hydrogens (tertiary/aromatic N) is 1. The Labute approximate surface area is 121 Å². The van der Waals surface area contributed by atoms with E-state index in [2.05, 4.69) is 5.32 Å². The monoisotopic (exact) mass is 307 g/mol. The molecule has 118 valence electrons. The summed E-state index contributed by atoms with van der Waals surface area (Å²) in [6, 6.07) is -0.133. The number of amides is 1. The van der Waals surface area contributed by atoms with Crippen LogP contribution in [0.25, 0.3) is 0 Å². The zero-order valence-corrected chi connectivity index (χ0v) is 13.4. The van der Waals surface area contributed by atoms with Crippen LogP contribution in [0.2, 0.25) is 0 Å². The zero-order valence-electron chi connectivity index (χ0n) is 12.5. The van der Waals surface area contributed by atoms with E-state index in [9.17, 15) is 13.2 Å². The van der Waals surface area contributed by atoms with Crippen LogP contribution in [0, 0.1) is 0 Å². The average Bonchev–Trinajstić information content (AvgIpc) is 2.36. The van der Waals surface area contributed by atoms with E-state index in [4.69, 9.17) is 4.74 Å². The molecule has 0 aromatic carbocycles. The van der Waals surface area contributed by atoms with Gasteiger partial charge in [0, 0.05) is 18.6 Å². The van der Waals surface area contributed by atoms with Gasteiger partial charge in [-0.1, -0.05) is 6.42 Å². The number of ether oxygens (including phenoxy) is 1. The number of hydrogen-bond donors (Lipinski definition) is 2. The number of hydrogen-bond acceptors (Lipinski definition) is 5. The van der Waals surface area contributed by atoms with Gasteiger partial charge in [-0.15, -0.1) is 0 Å². The Morgan fingerprint density at radius 3 is 2.50 bits per heavy atom. The Morgan fingerprint density at radius 2 is 1.95 bits per heavy atom. The summed E-state index contributed by atoms with van der Waals surface area (Å²) < 4.78 is 32.8. The number of rotatable bonds is 5. The average molecular weight is 307 g/mol. The molecular weight excluding hydrogens is 282 g/mol. The minimum Gasteiger partial charge on any atom is -0.446 e. The second kappa shape index (κ2) is 7.24. The van der Waals surface area contributed by atoms with Crippen molar-refractivity contribution in [1.82, 2.24) is 14.3 Å². The van der Waals surface area contributed by atoms with E-state index in [0.29, 0.717) is 6.54 Å². The van der Waals surface area contributed by atoms with Crippen LogP contribution in [-0.4, -0.2) is 50.6 Å². The lowest BCUT2D eigenvalue weighted by Crippen LogP contribution is -2.56. The molecule has 2 N–H and O–H groups in total. The van der Waals surface area contributed by atoms with Gasteiger partial charge in [-0.2, -0.15) is 12.7 Å². The third kappa shape index (κ3) is 4.60. The van der Waals surface area contributed by atoms with Crippen LogP contribution in [0.15, 0.2) is 0 Å². The standard InChI is InChI=1S/C12H25N3O4S/c1-9(2)19-12(16)14-20(17,18)15-8-6-5-7-11(15)10(3)13-4/h9-11,13H,5-8H2,1-4H3,(H,14,16). The molecular formula is C12H25N3O4S. The molecule has 0 aromatic rings. The molecule has 0 aliphatic carbocycles. The van der Waals surface area contributed by atoms with E-state index in [-0.39, 0.29) is 18.2 Å². The van der Waals surface area contributed by atoms with Crippen LogP contribution >= 0.6 is 0 Å². The Hall–Kier alpha value is -0.860. The lowest BCUT2D eigenvalue weighted by atomic mass is 9.99. The first-order valence-electron chi connectivity index (χ1n) is 6.95. The highest BCUT2D eigenvalue weighted by Gasteiger charge is 2.36. The first-order chi connectivity index (χ1) is 9.27. The van der Waals surface area contributed by atoms with Gasteiger partial charge in [-0.25, -0.2) is 9.52 Å². The lowest BCUT2D eigenvalue weighted by Gasteiger charge is -2.37. The first-order valence-corrected chi connectivity index (χ1v) is 8.39. The maximum absolute atomic E-state index is 12.3. The highest BCUT2D eigenvalue weighted by Crippen LogP contribution is 2.22. The third-order valence-electron chi connectivity index (χ3n) is 3.39. The van der Waals surface area contributed by atoms with Gasteiger partial charge in [0.25, 0.3) is 0 Å². The van der Waals surface area contributed by atoms with Crippen LogP contribution in [-0.2, 0) is 14.9 Å². The molecule has 0 radical (unpaired) electrons. The summed E-state index contributed by atoms with van der Waals surface area (Å²) in [5.41, 5.74) is 0. The molecule has 1 heterocycles. The summed E-state index contributed by atoms with van der Waals surface area (Å²) >= 11 is 0. The molecule has 20 heavy (non-hydrogen) atoms. The molecule has 0 spiro atoms. The van der Waals surface area contributed by atoms with Gasteiger partial charge in [0.15, 0.2) is 0 Å². The van der Waals surface area contributed by atoms with Crippen molar-refractivity contribution in [2.75, 3.05) is 13.6 Å². The van der Waals surface area contributed by atoms with Gasteiger partial charge >= 0.3 is 16.3 Å².